The van der Waals surface area contributed by atoms with E-state index in [2.05, 4.69) is 15.2 Å². The van der Waals surface area contributed by atoms with Crippen molar-refractivity contribution in [3.8, 4) is 0 Å². The number of amides is 1. The molecule has 0 aliphatic carbocycles. The Kier molecular flexibility index (Phi) is 5.50. The van der Waals surface area contributed by atoms with Gasteiger partial charge in [-0.2, -0.15) is 0 Å². The Morgan fingerprint density at radius 1 is 1.50 bits per heavy atom. The van der Waals surface area contributed by atoms with Crippen molar-refractivity contribution in [2.45, 2.75) is 31.4 Å². The number of furan rings is 1. The van der Waals surface area contributed by atoms with Crippen LogP contribution in [0.25, 0.3) is 0 Å². The van der Waals surface area contributed by atoms with Crippen LogP contribution in [0.1, 0.15) is 31.1 Å². The second-order valence-corrected chi connectivity index (χ2v) is 6.28. The highest BCUT2D eigenvalue weighted by molar-refractivity contribution is 6.32. The van der Waals surface area contributed by atoms with Crippen molar-refractivity contribution in [1.82, 2.24) is 9.88 Å². The molecule has 0 aromatic carbocycles. The summed E-state index contributed by atoms with van der Waals surface area (Å²) in [5.74, 6) is 0.428. The topological polar surface area (TPSA) is 78.6 Å². The summed E-state index contributed by atoms with van der Waals surface area (Å²) in [6.45, 7) is 1.10. The predicted molar refractivity (Wildman–Crippen MR) is 90.8 cm³/mol. The number of rotatable bonds is 6. The summed E-state index contributed by atoms with van der Waals surface area (Å²) >= 11 is 5.96. The molecule has 2 aromatic rings. The summed E-state index contributed by atoms with van der Waals surface area (Å²) in [5.41, 5.74) is 0.510. The number of hydrogen-bond donors (Lipinski definition) is 2. The van der Waals surface area contributed by atoms with Crippen molar-refractivity contribution in [1.29, 1.82) is 0 Å². The number of aliphatic hydroxyl groups is 1. The van der Waals surface area contributed by atoms with Gasteiger partial charge in [0.25, 0.3) is 0 Å². The predicted octanol–water partition coefficient (Wildman–Crippen LogP) is 2.85. The van der Waals surface area contributed by atoms with E-state index in [-0.39, 0.29) is 23.6 Å². The minimum Gasteiger partial charge on any atom is -0.467 e. The van der Waals surface area contributed by atoms with Crippen LogP contribution in [0.4, 0.5) is 5.69 Å². The van der Waals surface area contributed by atoms with Gasteiger partial charge in [0.2, 0.25) is 5.91 Å². The average molecular weight is 350 g/mol. The zero-order valence-corrected chi connectivity index (χ0v) is 13.9. The van der Waals surface area contributed by atoms with Crippen LogP contribution >= 0.6 is 11.6 Å². The third-order valence-corrected chi connectivity index (χ3v) is 4.55. The molecule has 128 valence electrons. The molecule has 1 aliphatic heterocycles. The number of aliphatic hydroxyl groups excluding tert-OH is 1. The molecule has 2 N–H and O–H groups in total. The minimum atomic E-state index is -0.651. The summed E-state index contributed by atoms with van der Waals surface area (Å²) in [4.78, 5) is 18.3. The zero-order chi connectivity index (χ0) is 16.9. The fourth-order valence-electron chi connectivity index (χ4n) is 3.08. The van der Waals surface area contributed by atoms with E-state index in [0.29, 0.717) is 17.9 Å². The van der Waals surface area contributed by atoms with Crippen LogP contribution in [0, 0.1) is 0 Å². The van der Waals surface area contributed by atoms with Gasteiger partial charge in [-0.05, 0) is 50.1 Å². The van der Waals surface area contributed by atoms with Gasteiger partial charge in [-0.25, -0.2) is 4.98 Å². The van der Waals surface area contributed by atoms with Gasteiger partial charge in [0.1, 0.15) is 11.9 Å². The molecule has 0 radical (unpaired) electrons. The van der Waals surface area contributed by atoms with Gasteiger partial charge in [0.05, 0.1) is 18.5 Å². The van der Waals surface area contributed by atoms with E-state index in [4.69, 9.17) is 16.0 Å². The molecule has 0 spiro atoms. The Balaban J connectivity index is 1.55. The normalized spacial score (nSPS) is 19.3. The van der Waals surface area contributed by atoms with E-state index < -0.39 is 6.10 Å². The third-order valence-electron chi connectivity index (χ3n) is 4.25. The van der Waals surface area contributed by atoms with E-state index in [1.165, 1.54) is 0 Å². The molecule has 2 aromatic heterocycles. The Labute approximate surface area is 145 Å². The van der Waals surface area contributed by atoms with Gasteiger partial charge in [-0.3, -0.25) is 9.69 Å². The van der Waals surface area contributed by atoms with E-state index in [1.807, 2.05) is 0 Å². The number of aromatic nitrogens is 1. The first kappa shape index (κ1) is 17.0. The van der Waals surface area contributed by atoms with Gasteiger partial charge in [0.15, 0.2) is 5.15 Å². The Hall–Kier alpha value is -1.89. The monoisotopic (exact) mass is 349 g/mol. The minimum absolute atomic E-state index is 0.135. The van der Waals surface area contributed by atoms with Gasteiger partial charge in [-0.1, -0.05) is 11.6 Å². The number of likely N-dealkylation sites (tertiary alicyclic amines) is 1. The number of hydrogen-bond acceptors (Lipinski definition) is 5. The number of anilines is 1. The van der Waals surface area contributed by atoms with E-state index in [0.717, 1.165) is 19.4 Å². The van der Waals surface area contributed by atoms with Crippen LogP contribution < -0.4 is 5.32 Å². The molecule has 1 fully saturated rings. The van der Waals surface area contributed by atoms with Crippen LogP contribution in [0.5, 0.6) is 0 Å². The molecule has 2 atom stereocenters. The number of carbonyl (C=O) groups excluding carboxylic acids is 1. The summed E-state index contributed by atoms with van der Waals surface area (Å²) in [5, 5.41) is 13.3. The molecule has 1 aliphatic rings. The molecule has 2 unspecified atom stereocenters. The van der Waals surface area contributed by atoms with Crippen LogP contribution in [0.2, 0.25) is 5.15 Å². The zero-order valence-electron chi connectivity index (χ0n) is 13.2. The highest BCUT2D eigenvalue weighted by atomic mass is 35.5. The standard InChI is InChI=1S/C17H20ClN3O3/c18-17-13(5-1-7-19-17)20-16(23)11-21-8-2-4-12(21)10-14(22)15-6-3-9-24-15/h1,3,5-7,9,12,14,22H,2,4,8,10-11H2,(H,20,23). The Morgan fingerprint density at radius 2 is 2.38 bits per heavy atom. The molecular weight excluding hydrogens is 330 g/mol. The van der Waals surface area contributed by atoms with Crippen molar-refractivity contribution >= 4 is 23.2 Å². The van der Waals surface area contributed by atoms with Gasteiger partial charge in [-0.15, -0.1) is 0 Å². The highest BCUT2D eigenvalue weighted by Gasteiger charge is 2.29. The maximum absolute atomic E-state index is 12.3. The Bertz CT molecular complexity index is 677. The lowest BCUT2D eigenvalue weighted by Gasteiger charge is -2.25. The van der Waals surface area contributed by atoms with Crippen molar-refractivity contribution in [2.24, 2.45) is 0 Å². The first-order valence-corrected chi connectivity index (χ1v) is 8.37. The highest BCUT2D eigenvalue weighted by Crippen LogP contribution is 2.27. The first-order valence-electron chi connectivity index (χ1n) is 7.99. The number of halogens is 1. The van der Waals surface area contributed by atoms with E-state index in [9.17, 15) is 9.90 Å². The van der Waals surface area contributed by atoms with E-state index in [1.54, 1.807) is 36.7 Å². The maximum atomic E-state index is 12.3. The largest absolute Gasteiger partial charge is 0.467 e. The average Bonchev–Trinajstić information content (AvgIpc) is 3.22. The fourth-order valence-corrected chi connectivity index (χ4v) is 3.25. The van der Waals surface area contributed by atoms with Crippen LogP contribution in [0.15, 0.2) is 41.1 Å². The molecule has 1 saturated heterocycles. The molecule has 6 nitrogen and oxygen atoms in total. The quantitative estimate of drug-likeness (QED) is 0.784. The van der Waals surface area contributed by atoms with Crippen molar-refractivity contribution < 1.29 is 14.3 Å². The van der Waals surface area contributed by atoms with Crippen LogP contribution in [0.3, 0.4) is 0 Å². The summed E-state index contributed by atoms with van der Waals surface area (Å²) in [6, 6.07) is 7.12. The van der Waals surface area contributed by atoms with Gasteiger partial charge < -0.3 is 14.8 Å². The maximum Gasteiger partial charge on any atom is 0.238 e. The lowest BCUT2D eigenvalue weighted by molar-refractivity contribution is -0.117. The van der Waals surface area contributed by atoms with Gasteiger partial charge in [0, 0.05) is 12.2 Å². The number of nitrogens with one attached hydrogen (secondary N) is 1. The smallest absolute Gasteiger partial charge is 0.238 e. The second-order valence-electron chi connectivity index (χ2n) is 5.92. The summed E-state index contributed by atoms with van der Waals surface area (Å²) in [6.07, 6.45) is 4.99. The lowest BCUT2D eigenvalue weighted by atomic mass is 10.1. The molecule has 0 bridgehead atoms. The number of carbonyl (C=O) groups is 1. The summed E-state index contributed by atoms with van der Waals surface area (Å²) < 4.78 is 5.24. The van der Waals surface area contributed by atoms with Crippen molar-refractivity contribution in [3.05, 3.63) is 47.6 Å². The van der Waals surface area contributed by atoms with E-state index >= 15 is 0 Å². The van der Waals surface area contributed by atoms with Crippen LogP contribution in [-0.4, -0.2) is 40.0 Å². The summed E-state index contributed by atoms with van der Waals surface area (Å²) in [7, 11) is 0. The van der Waals surface area contributed by atoms with Crippen molar-refractivity contribution in [3.63, 3.8) is 0 Å². The second kappa shape index (κ2) is 7.79. The first-order chi connectivity index (χ1) is 11.6. The SMILES string of the molecule is O=C(CN1CCCC1CC(O)c1ccco1)Nc1cccnc1Cl. The number of nitrogens with zero attached hydrogens (tertiary/aromatic N) is 2. The third kappa shape index (κ3) is 4.14. The lowest BCUT2D eigenvalue weighted by Crippen LogP contribution is -2.37. The molecule has 3 rings (SSSR count). The molecule has 0 saturated carbocycles. The Morgan fingerprint density at radius 3 is 3.12 bits per heavy atom. The molecular formula is C17H20ClN3O3. The molecule has 7 heteroatoms. The molecule has 1 amide bonds. The van der Waals surface area contributed by atoms with Crippen LogP contribution in [-0.2, 0) is 4.79 Å². The number of pyridine rings is 1. The van der Waals surface area contributed by atoms with Gasteiger partial charge >= 0.3 is 0 Å². The molecule has 3 heterocycles. The fraction of sp³-hybridized carbons (Fsp3) is 0.412. The van der Waals surface area contributed by atoms with Crippen molar-refractivity contribution in [2.75, 3.05) is 18.4 Å². The molecule has 24 heavy (non-hydrogen) atoms.